The monoisotopic (exact) mass is 1160 g/mol. The molecule has 0 N–H and O–H groups in total. The van der Waals surface area contributed by atoms with Crippen LogP contribution in [0.25, 0.3) is 134 Å². The fraction of sp³-hybridized carbons (Fsp3) is 0.0130. The average molecular weight is 1160 g/mol. The highest BCUT2D eigenvalue weighted by Gasteiger charge is 2.23. The van der Waals surface area contributed by atoms with Gasteiger partial charge in [0.05, 0.1) is 32.5 Å². The van der Waals surface area contributed by atoms with E-state index in [1.54, 1.807) is 0 Å². The van der Waals surface area contributed by atoms with E-state index < -0.39 is 0 Å². The maximum Gasteiger partial charge on any atom is 0.0641 e. The van der Waals surface area contributed by atoms with Crippen molar-refractivity contribution in [1.82, 2.24) is 13.7 Å². The number of hydrogen-bond acceptors (Lipinski definition) is 2. The maximum atomic E-state index is 3.67. The first-order valence-corrected chi connectivity index (χ1v) is 30.6. The number of benzene rings is 12. The zero-order chi connectivity index (χ0) is 55.0. The van der Waals surface area contributed by atoms with Crippen LogP contribution < -0.4 is 0 Å². The minimum atomic E-state index is 1.04. The predicted molar refractivity (Wildman–Crippen MR) is 360 cm³/mol. The van der Waals surface area contributed by atoms with Gasteiger partial charge in [-0.15, -0.1) is 22.7 Å². The predicted octanol–water partition coefficient (Wildman–Crippen LogP) is 22.4. The molecule has 0 fully saturated rings. The Hall–Kier alpha value is -9.56. The van der Waals surface area contributed by atoms with Gasteiger partial charge in [0.1, 0.15) is 0 Å². The molecule has 0 unspecified atom stereocenters. The third-order valence-corrected chi connectivity index (χ3v) is 20.1. The van der Waals surface area contributed by atoms with Gasteiger partial charge < -0.3 is 13.7 Å². The van der Waals surface area contributed by atoms with E-state index in [4.69, 9.17) is 0 Å². The van der Waals surface area contributed by atoms with Gasteiger partial charge in [-0.25, -0.2) is 0 Å². The molecule has 83 heavy (non-hydrogen) atoms. The largest absolute Gasteiger partial charge is 0.317 e. The number of nitrogens with zero attached hydrogens (tertiary/aromatic N) is 3. The van der Waals surface area contributed by atoms with Crippen molar-refractivity contribution < 1.29 is 0 Å². The highest BCUT2D eigenvalue weighted by molar-refractivity contribution is 9.10. The zero-order valence-corrected chi connectivity index (χ0v) is 48.2. The normalized spacial score (nSPS) is 11.9. The van der Waals surface area contributed by atoms with Gasteiger partial charge in [-0.2, -0.15) is 0 Å². The van der Waals surface area contributed by atoms with Crippen molar-refractivity contribution in [2.45, 2.75) is 6.42 Å². The van der Waals surface area contributed by atoms with Crippen molar-refractivity contribution in [3.05, 3.63) is 307 Å². The maximum absolute atomic E-state index is 3.67. The minimum Gasteiger partial charge on any atom is -0.317 e. The van der Waals surface area contributed by atoms with Crippen LogP contribution >= 0.6 is 38.6 Å². The molecule has 12 aromatic carbocycles. The van der Waals surface area contributed by atoms with Crippen LogP contribution in [0.5, 0.6) is 0 Å². The van der Waals surface area contributed by atoms with Crippen LogP contribution in [-0.4, -0.2) is 13.7 Å². The molecule has 5 aromatic heterocycles. The lowest BCUT2D eigenvalue weighted by Crippen LogP contribution is -1.95. The lowest BCUT2D eigenvalue weighted by Gasteiger charge is -2.11. The van der Waals surface area contributed by atoms with Gasteiger partial charge in [0, 0.05) is 85.4 Å². The summed E-state index contributed by atoms with van der Waals surface area (Å²) in [6.07, 6.45) is 5.43. The lowest BCUT2D eigenvalue weighted by molar-refractivity contribution is 1.13. The molecule has 6 heteroatoms. The summed E-state index contributed by atoms with van der Waals surface area (Å²) in [7, 11) is 0. The van der Waals surface area contributed by atoms with Crippen LogP contribution in [0.3, 0.4) is 0 Å². The number of rotatable bonds is 5. The van der Waals surface area contributed by atoms with Gasteiger partial charge in [-0.3, -0.25) is 0 Å². The Labute approximate surface area is 496 Å². The number of thiophene rings is 2. The molecular formula is C77H50BrN3S2. The average Bonchev–Trinajstić information content (AvgIpc) is 2.30. The molecule has 1 aliphatic carbocycles. The highest BCUT2D eigenvalue weighted by atomic mass is 79.9. The van der Waals surface area contributed by atoms with E-state index in [1.165, 1.54) is 150 Å². The summed E-state index contributed by atoms with van der Waals surface area (Å²) >= 11 is 7.44. The summed E-state index contributed by atoms with van der Waals surface area (Å²) in [6, 6.07) is 100. The zero-order valence-electron chi connectivity index (χ0n) is 45.0. The molecule has 1 aliphatic rings. The molecule has 0 saturated heterocycles. The Balaban J connectivity index is 0.000000113. The van der Waals surface area contributed by atoms with E-state index in [1.807, 2.05) is 22.7 Å². The molecule has 0 atom stereocenters. The van der Waals surface area contributed by atoms with Crippen LogP contribution in [0.2, 0.25) is 0 Å². The summed E-state index contributed by atoms with van der Waals surface area (Å²) in [4.78, 5) is 0. The third-order valence-electron chi connectivity index (χ3n) is 16.6. The standard InChI is InChI=1S/C38H24N2S.C21H15N.C18H11BrS/c1-3-11-25(12-4-1)27-16-9-17-30-31-18-10-20-35(38(31)41-37(27)30)40-34-19-8-7-15-28(34)29-21-22-33-32(36(29)40)23-24-39(33)26-13-5-2-6-14-26;1-2-7-16(8-3-1)22-13-12-19-20-14-15-6-4-5-9-17(15)18(20)10-11-21(19)22;19-16-11-5-10-15-14-9-4-8-13(17(14)20-18(15)16)12-6-2-1-3-7-12/h1-24H;1-13H,14H2;1-11H. The number of hydrogen-bond donors (Lipinski definition) is 0. The molecule has 0 saturated carbocycles. The van der Waals surface area contributed by atoms with E-state index in [2.05, 4.69) is 321 Å². The van der Waals surface area contributed by atoms with Crippen LogP contribution in [0.1, 0.15) is 11.1 Å². The fourth-order valence-electron chi connectivity index (χ4n) is 12.9. The molecule has 3 nitrogen and oxygen atoms in total. The second-order valence-corrected chi connectivity index (χ2v) is 24.1. The molecule has 0 amide bonds. The van der Waals surface area contributed by atoms with E-state index in [9.17, 15) is 0 Å². The fourth-order valence-corrected chi connectivity index (χ4v) is 16.0. The van der Waals surface area contributed by atoms with Gasteiger partial charge in [0.15, 0.2) is 0 Å². The van der Waals surface area contributed by atoms with Gasteiger partial charge in [-0.1, -0.05) is 212 Å². The summed E-state index contributed by atoms with van der Waals surface area (Å²) in [5.74, 6) is 0. The Morgan fingerprint density at radius 2 is 0.783 bits per heavy atom. The Bertz CT molecular complexity index is 5300. The Kier molecular flexibility index (Phi) is 12.1. The van der Waals surface area contributed by atoms with Crippen LogP contribution in [0, 0.1) is 0 Å². The molecule has 392 valence electrons. The third kappa shape index (κ3) is 8.27. The first-order chi connectivity index (χ1) is 41.1. The topological polar surface area (TPSA) is 14.8 Å². The van der Waals surface area contributed by atoms with Crippen molar-refractivity contribution >= 4 is 123 Å². The molecule has 17 aromatic rings. The van der Waals surface area contributed by atoms with Gasteiger partial charge >= 0.3 is 0 Å². The molecule has 18 rings (SSSR count). The van der Waals surface area contributed by atoms with Crippen molar-refractivity contribution in [1.29, 1.82) is 0 Å². The summed E-state index contributed by atoms with van der Waals surface area (Å²) in [5, 5.41) is 10.5. The van der Waals surface area contributed by atoms with Gasteiger partial charge in [0.2, 0.25) is 0 Å². The highest BCUT2D eigenvalue weighted by Crippen LogP contribution is 2.47. The van der Waals surface area contributed by atoms with E-state index >= 15 is 0 Å². The smallest absolute Gasteiger partial charge is 0.0641 e. The second kappa shape index (κ2) is 20.5. The van der Waals surface area contributed by atoms with E-state index in [-0.39, 0.29) is 0 Å². The van der Waals surface area contributed by atoms with E-state index in [0.717, 1.165) is 6.42 Å². The summed E-state index contributed by atoms with van der Waals surface area (Å²) in [5.41, 5.74) is 19.4. The number of aromatic nitrogens is 3. The Morgan fingerprint density at radius 1 is 0.301 bits per heavy atom. The number of fused-ring (bicyclic) bond motifs is 16. The molecule has 0 spiro atoms. The second-order valence-electron chi connectivity index (χ2n) is 21.2. The summed E-state index contributed by atoms with van der Waals surface area (Å²) in [6.45, 7) is 0. The van der Waals surface area contributed by atoms with Crippen molar-refractivity contribution in [3.8, 4) is 50.4 Å². The van der Waals surface area contributed by atoms with Gasteiger partial charge in [0.25, 0.3) is 0 Å². The van der Waals surface area contributed by atoms with Crippen molar-refractivity contribution in [3.63, 3.8) is 0 Å². The number of para-hydroxylation sites is 3. The minimum absolute atomic E-state index is 1.04. The lowest BCUT2D eigenvalue weighted by atomic mass is 10.0. The van der Waals surface area contributed by atoms with Crippen molar-refractivity contribution in [2.24, 2.45) is 0 Å². The Morgan fingerprint density at radius 3 is 1.45 bits per heavy atom. The first-order valence-electron chi connectivity index (χ1n) is 28.1. The molecule has 0 aliphatic heterocycles. The molecular weight excluding hydrogens is 1110 g/mol. The number of halogens is 1. The van der Waals surface area contributed by atoms with Crippen molar-refractivity contribution in [2.75, 3.05) is 0 Å². The van der Waals surface area contributed by atoms with Crippen LogP contribution in [0.15, 0.2) is 296 Å². The molecule has 0 bridgehead atoms. The molecule has 0 radical (unpaired) electrons. The first kappa shape index (κ1) is 49.3. The van der Waals surface area contributed by atoms with Gasteiger partial charge in [-0.05, 0) is 134 Å². The quantitative estimate of drug-likeness (QED) is 0.163. The van der Waals surface area contributed by atoms with Crippen LogP contribution in [-0.2, 0) is 6.42 Å². The van der Waals surface area contributed by atoms with Crippen LogP contribution in [0.4, 0.5) is 0 Å². The molecule has 5 heterocycles. The summed E-state index contributed by atoms with van der Waals surface area (Å²) < 4.78 is 13.6. The SMILES string of the molecule is Brc1cccc2c1sc1c(-c3ccccc3)cccc12.c1ccc(-c2cccc3c2sc2c(-n4c5ccccc5c5ccc6c(ccn6-c6ccccc6)c54)cccc23)cc1.c1ccc(-n2ccc3c4c(ccc32)-c2ccccc2C4)cc1. The van der Waals surface area contributed by atoms with E-state index in [0.29, 0.717) is 0 Å².